The molecular formula is C22H22N4O4S. The summed E-state index contributed by atoms with van der Waals surface area (Å²) in [6.07, 6.45) is 2.55. The first kappa shape index (κ1) is 19.9. The molecule has 0 radical (unpaired) electrons. The highest BCUT2D eigenvalue weighted by Crippen LogP contribution is 2.37. The summed E-state index contributed by atoms with van der Waals surface area (Å²) in [6.45, 7) is 2.48. The molecule has 9 heteroatoms. The van der Waals surface area contributed by atoms with Crippen LogP contribution >= 0.6 is 0 Å². The van der Waals surface area contributed by atoms with E-state index in [9.17, 15) is 13.2 Å². The van der Waals surface area contributed by atoms with Crippen LogP contribution in [-0.4, -0.2) is 31.0 Å². The van der Waals surface area contributed by atoms with E-state index in [0.29, 0.717) is 18.8 Å². The smallest absolute Gasteiger partial charge is 0.242 e. The van der Waals surface area contributed by atoms with Crippen molar-refractivity contribution in [3.63, 3.8) is 0 Å². The van der Waals surface area contributed by atoms with Gasteiger partial charge in [0.2, 0.25) is 27.6 Å². The summed E-state index contributed by atoms with van der Waals surface area (Å²) in [7, 11) is -3.76. The standard InChI is InChI=1S/C22H22N4O4S/c1-14-2-4-15(5-3-14)21-24-20(30-25-21)13-23-31(28,29)18-8-9-19-17(12-18)10-11-26(19)22(27)16-6-7-16/h2-5,8-9,12,16,23H,6-7,10-11,13H2,1H3. The predicted octanol–water partition coefficient (Wildman–Crippen LogP) is 2.82. The predicted molar refractivity (Wildman–Crippen MR) is 114 cm³/mol. The van der Waals surface area contributed by atoms with E-state index in [2.05, 4.69) is 14.9 Å². The van der Waals surface area contributed by atoms with E-state index in [1.165, 1.54) is 6.07 Å². The van der Waals surface area contributed by atoms with Crippen molar-refractivity contribution >= 4 is 21.6 Å². The molecule has 1 amide bonds. The van der Waals surface area contributed by atoms with Crippen LogP contribution in [0.3, 0.4) is 0 Å². The molecule has 5 rings (SSSR count). The van der Waals surface area contributed by atoms with Gasteiger partial charge in [-0.05, 0) is 49.9 Å². The lowest BCUT2D eigenvalue weighted by molar-refractivity contribution is -0.119. The fraction of sp³-hybridized carbons (Fsp3) is 0.318. The zero-order valence-electron chi connectivity index (χ0n) is 17.0. The van der Waals surface area contributed by atoms with Crippen LogP contribution in [0.2, 0.25) is 0 Å². The number of benzene rings is 2. The number of nitrogens with zero attached hydrogens (tertiary/aromatic N) is 3. The fourth-order valence-corrected chi connectivity index (χ4v) is 4.74. The number of carbonyl (C=O) groups excluding carboxylic acids is 1. The van der Waals surface area contributed by atoms with Crippen molar-refractivity contribution in [2.75, 3.05) is 11.4 Å². The zero-order chi connectivity index (χ0) is 21.6. The van der Waals surface area contributed by atoms with Gasteiger partial charge < -0.3 is 9.42 Å². The van der Waals surface area contributed by atoms with Gasteiger partial charge in [0.1, 0.15) is 0 Å². The minimum Gasteiger partial charge on any atom is -0.338 e. The van der Waals surface area contributed by atoms with Crippen LogP contribution in [0, 0.1) is 12.8 Å². The van der Waals surface area contributed by atoms with Gasteiger partial charge in [-0.15, -0.1) is 0 Å². The Balaban J connectivity index is 1.28. The molecule has 2 aromatic carbocycles. The lowest BCUT2D eigenvalue weighted by atomic mass is 10.1. The molecule has 1 aliphatic heterocycles. The van der Waals surface area contributed by atoms with E-state index >= 15 is 0 Å². The molecule has 0 atom stereocenters. The third-order valence-electron chi connectivity index (χ3n) is 5.64. The van der Waals surface area contributed by atoms with Crippen molar-refractivity contribution < 1.29 is 17.7 Å². The van der Waals surface area contributed by atoms with Crippen LogP contribution in [0.25, 0.3) is 11.4 Å². The number of amides is 1. The molecule has 0 spiro atoms. The van der Waals surface area contributed by atoms with Crippen LogP contribution in [0.5, 0.6) is 0 Å². The zero-order valence-corrected chi connectivity index (χ0v) is 17.9. The molecule has 0 unspecified atom stereocenters. The molecule has 1 N–H and O–H groups in total. The summed E-state index contributed by atoms with van der Waals surface area (Å²) >= 11 is 0. The first-order valence-electron chi connectivity index (χ1n) is 10.2. The second-order valence-corrected chi connectivity index (χ2v) is 9.77. The highest BCUT2D eigenvalue weighted by Gasteiger charge is 2.36. The Bertz CT molecular complexity index is 1250. The Labute approximate surface area is 180 Å². The molecule has 31 heavy (non-hydrogen) atoms. The van der Waals surface area contributed by atoms with E-state index in [-0.39, 0.29) is 29.2 Å². The van der Waals surface area contributed by atoms with Gasteiger partial charge in [-0.25, -0.2) is 13.1 Å². The number of aromatic nitrogens is 2. The van der Waals surface area contributed by atoms with Gasteiger partial charge in [0.05, 0.1) is 11.4 Å². The summed E-state index contributed by atoms with van der Waals surface area (Å²) in [6, 6.07) is 12.6. The topological polar surface area (TPSA) is 105 Å². The van der Waals surface area contributed by atoms with Crippen LogP contribution < -0.4 is 9.62 Å². The van der Waals surface area contributed by atoms with Crippen molar-refractivity contribution in [1.82, 2.24) is 14.9 Å². The highest BCUT2D eigenvalue weighted by molar-refractivity contribution is 7.89. The quantitative estimate of drug-likeness (QED) is 0.634. The molecular weight excluding hydrogens is 416 g/mol. The maximum absolute atomic E-state index is 12.8. The number of carbonyl (C=O) groups is 1. The van der Waals surface area contributed by atoms with Crippen molar-refractivity contribution in [3.8, 4) is 11.4 Å². The van der Waals surface area contributed by atoms with Gasteiger partial charge in [0, 0.05) is 23.7 Å². The molecule has 1 fully saturated rings. The molecule has 0 bridgehead atoms. The molecule has 1 saturated carbocycles. The normalized spacial score (nSPS) is 15.8. The minimum absolute atomic E-state index is 0.107. The summed E-state index contributed by atoms with van der Waals surface area (Å²) < 4.78 is 33.2. The lowest BCUT2D eigenvalue weighted by Gasteiger charge is -2.17. The number of hydrogen-bond acceptors (Lipinski definition) is 6. The number of aryl methyl sites for hydroxylation is 1. The van der Waals surface area contributed by atoms with Crippen molar-refractivity contribution in [2.45, 2.75) is 37.6 Å². The number of anilines is 1. The monoisotopic (exact) mass is 438 g/mol. The Morgan fingerprint density at radius 3 is 2.71 bits per heavy atom. The summed E-state index contributed by atoms with van der Waals surface area (Å²) in [4.78, 5) is 18.6. The minimum atomic E-state index is -3.76. The van der Waals surface area contributed by atoms with E-state index in [4.69, 9.17) is 4.52 Å². The van der Waals surface area contributed by atoms with Crippen molar-refractivity contribution in [3.05, 3.63) is 59.5 Å². The molecule has 0 saturated heterocycles. The van der Waals surface area contributed by atoms with Crippen LogP contribution in [-0.2, 0) is 27.8 Å². The molecule has 160 valence electrons. The summed E-state index contributed by atoms with van der Waals surface area (Å²) in [5, 5.41) is 3.92. The van der Waals surface area contributed by atoms with E-state index < -0.39 is 10.0 Å². The lowest BCUT2D eigenvalue weighted by Crippen LogP contribution is -2.30. The van der Waals surface area contributed by atoms with E-state index in [0.717, 1.165) is 35.2 Å². The molecule has 3 aromatic rings. The SMILES string of the molecule is Cc1ccc(-c2noc(CNS(=O)(=O)c3ccc4c(c3)CCN4C(=O)C3CC3)n2)cc1. The van der Waals surface area contributed by atoms with Crippen molar-refractivity contribution in [2.24, 2.45) is 5.92 Å². The highest BCUT2D eigenvalue weighted by atomic mass is 32.2. The van der Waals surface area contributed by atoms with Crippen LogP contribution in [0.15, 0.2) is 51.9 Å². The second kappa shape index (κ2) is 7.58. The van der Waals surface area contributed by atoms with Crippen molar-refractivity contribution in [1.29, 1.82) is 0 Å². The number of nitrogens with one attached hydrogen (secondary N) is 1. The molecule has 8 nitrogen and oxygen atoms in total. The third-order valence-corrected chi connectivity index (χ3v) is 7.04. The first-order valence-corrected chi connectivity index (χ1v) is 11.7. The summed E-state index contributed by atoms with van der Waals surface area (Å²) in [5.74, 6) is 0.872. The van der Waals surface area contributed by atoms with Gasteiger partial charge in [-0.3, -0.25) is 4.79 Å². The van der Waals surface area contributed by atoms with Crippen LogP contribution in [0.1, 0.15) is 29.9 Å². The van der Waals surface area contributed by atoms with Gasteiger partial charge in [-0.1, -0.05) is 35.0 Å². The Kier molecular flexibility index (Phi) is 4.86. The van der Waals surface area contributed by atoms with Gasteiger partial charge in [0.15, 0.2) is 0 Å². The maximum Gasteiger partial charge on any atom is 0.242 e. The van der Waals surface area contributed by atoms with Crippen LogP contribution in [0.4, 0.5) is 5.69 Å². The molecule has 1 aliphatic carbocycles. The van der Waals surface area contributed by atoms with Gasteiger partial charge in [-0.2, -0.15) is 4.98 Å². The largest absolute Gasteiger partial charge is 0.338 e. The Morgan fingerprint density at radius 2 is 1.97 bits per heavy atom. The molecule has 2 heterocycles. The van der Waals surface area contributed by atoms with Gasteiger partial charge in [0.25, 0.3) is 0 Å². The number of fused-ring (bicyclic) bond motifs is 1. The average Bonchev–Trinajstić information content (AvgIpc) is 3.36. The van der Waals surface area contributed by atoms with Gasteiger partial charge >= 0.3 is 0 Å². The number of sulfonamides is 1. The molecule has 2 aliphatic rings. The Morgan fingerprint density at radius 1 is 1.19 bits per heavy atom. The second-order valence-electron chi connectivity index (χ2n) is 8.01. The maximum atomic E-state index is 12.8. The van der Waals surface area contributed by atoms with E-state index in [1.54, 1.807) is 17.0 Å². The summed E-state index contributed by atoms with van der Waals surface area (Å²) in [5.41, 5.74) is 3.61. The average molecular weight is 439 g/mol. The first-order chi connectivity index (χ1) is 14.9. The molecule has 1 aromatic heterocycles. The number of hydrogen-bond donors (Lipinski definition) is 1. The third kappa shape index (κ3) is 3.98. The Hall–Kier alpha value is -3.04. The fourth-order valence-electron chi connectivity index (χ4n) is 3.71. The number of rotatable bonds is 6. The van der Waals surface area contributed by atoms with E-state index in [1.807, 2.05) is 31.2 Å².